The quantitative estimate of drug-likeness (QED) is 0.809. The van der Waals surface area contributed by atoms with E-state index in [1.807, 2.05) is 0 Å². The lowest BCUT2D eigenvalue weighted by molar-refractivity contribution is -0.134. The summed E-state index contributed by atoms with van der Waals surface area (Å²) in [6.07, 6.45) is -6.03. The summed E-state index contributed by atoms with van der Waals surface area (Å²) in [6, 6.07) is 7.48. The first kappa shape index (κ1) is 16.9. The number of alkyl halides is 3. The Morgan fingerprint density at radius 2 is 1.80 bits per heavy atom. The normalized spacial score (nSPS) is 14.2. The molecule has 0 amide bonds. The van der Waals surface area contributed by atoms with Crippen LogP contribution >= 0.6 is 0 Å². The molecule has 20 heavy (non-hydrogen) atoms. The fourth-order valence-electron chi connectivity index (χ4n) is 1.63. The van der Waals surface area contributed by atoms with Gasteiger partial charge in [0.15, 0.2) is 0 Å². The topological polar surface area (TPSA) is 66.4 Å². The van der Waals surface area contributed by atoms with Crippen LogP contribution in [-0.2, 0) is 10.0 Å². The van der Waals surface area contributed by atoms with Crippen LogP contribution in [-0.4, -0.2) is 32.1 Å². The van der Waals surface area contributed by atoms with Gasteiger partial charge in [-0.05, 0) is 12.0 Å². The van der Waals surface area contributed by atoms with Gasteiger partial charge in [0.2, 0.25) is 10.0 Å². The molecule has 1 aromatic rings. The number of nitrogens with one attached hydrogen (secondary N) is 1. The highest BCUT2D eigenvalue weighted by atomic mass is 32.2. The molecule has 0 unspecified atom stereocenters. The monoisotopic (exact) mass is 311 g/mol. The molecule has 0 saturated carbocycles. The second kappa shape index (κ2) is 7.05. The van der Waals surface area contributed by atoms with Crippen LogP contribution in [0.1, 0.15) is 24.4 Å². The Labute approximate surface area is 115 Å². The van der Waals surface area contributed by atoms with E-state index in [1.165, 1.54) is 0 Å². The van der Waals surface area contributed by atoms with Crippen LogP contribution in [0.3, 0.4) is 0 Å². The van der Waals surface area contributed by atoms with Gasteiger partial charge in [-0.15, -0.1) is 0 Å². The molecule has 1 atom stereocenters. The van der Waals surface area contributed by atoms with Crippen LogP contribution in [0.5, 0.6) is 0 Å². The van der Waals surface area contributed by atoms with E-state index >= 15 is 0 Å². The van der Waals surface area contributed by atoms with Crippen molar-refractivity contribution in [1.29, 1.82) is 0 Å². The molecular formula is C12H16F3NO3S. The number of halogens is 3. The zero-order valence-electron chi connectivity index (χ0n) is 10.6. The van der Waals surface area contributed by atoms with Gasteiger partial charge in [0, 0.05) is 6.42 Å². The van der Waals surface area contributed by atoms with Crippen LogP contribution in [0.4, 0.5) is 13.2 Å². The maximum atomic E-state index is 12.0. The maximum Gasteiger partial charge on any atom is 0.389 e. The van der Waals surface area contributed by atoms with Gasteiger partial charge in [-0.1, -0.05) is 30.3 Å². The van der Waals surface area contributed by atoms with Gasteiger partial charge < -0.3 is 5.11 Å². The molecule has 0 spiro atoms. The first-order valence-electron chi connectivity index (χ1n) is 5.96. The van der Waals surface area contributed by atoms with E-state index in [4.69, 9.17) is 0 Å². The van der Waals surface area contributed by atoms with Gasteiger partial charge in [0.25, 0.3) is 0 Å². The molecule has 0 radical (unpaired) electrons. The molecule has 0 bridgehead atoms. The molecule has 0 fully saturated rings. The van der Waals surface area contributed by atoms with Crippen molar-refractivity contribution in [3.8, 4) is 0 Å². The second-order valence-electron chi connectivity index (χ2n) is 4.30. The van der Waals surface area contributed by atoms with Crippen molar-refractivity contribution in [2.24, 2.45) is 0 Å². The highest BCUT2D eigenvalue weighted by Crippen LogP contribution is 2.22. The standard InChI is InChI=1S/C12H16F3NO3S/c13-12(14,15)7-4-8-20(18,19)16-11(9-17)10-5-2-1-3-6-10/h1-3,5-6,11,16-17H,4,7-9H2/t11-/m1/s1. The largest absolute Gasteiger partial charge is 0.394 e. The Balaban J connectivity index is 2.60. The fraction of sp³-hybridized carbons (Fsp3) is 0.500. The van der Waals surface area contributed by atoms with Gasteiger partial charge in [-0.2, -0.15) is 13.2 Å². The minimum Gasteiger partial charge on any atom is -0.394 e. The number of benzene rings is 1. The minimum absolute atomic E-state index is 0.470. The number of sulfonamides is 1. The second-order valence-corrected chi connectivity index (χ2v) is 6.17. The van der Waals surface area contributed by atoms with E-state index < -0.39 is 47.4 Å². The zero-order chi connectivity index (χ0) is 15.2. The third-order valence-corrected chi connectivity index (χ3v) is 4.05. The molecular weight excluding hydrogens is 295 g/mol. The highest BCUT2D eigenvalue weighted by molar-refractivity contribution is 7.89. The first-order valence-corrected chi connectivity index (χ1v) is 7.61. The lowest BCUT2D eigenvalue weighted by Gasteiger charge is -2.17. The SMILES string of the molecule is O=S(=O)(CCCC(F)(F)F)N[C@H](CO)c1ccccc1. The molecule has 1 aromatic carbocycles. The summed E-state index contributed by atoms with van der Waals surface area (Å²) in [6.45, 7) is -0.470. The van der Waals surface area contributed by atoms with E-state index in [0.29, 0.717) is 5.56 Å². The predicted molar refractivity (Wildman–Crippen MR) is 68.5 cm³/mol. The minimum atomic E-state index is -4.37. The van der Waals surface area contributed by atoms with Crippen molar-refractivity contribution in [3.05, 3.63) is 35.9 Å². The number of aliphatic hydroxyl groups is 1. The van der Waals surface area contributed by atoms with Crippen LogP contribution in [0.15, 0.2) is 30.3 Å². The smallest absolute Gasteiger partial charge is 0.389 e. The van der Waals surface area contributed by atoms with Crippen molar-refractivity contribution >= 4 is 10.0 Å². The van der Waals surface area contributed by atoms with E-state index in [9.17, 15) is 26.7 Å². The van der Waals surface area contributed by atoms with Crippen LogP contribution in [0.2, 0.25) is 0 Å². The lowest BCUT2D eigenvalue weighted by atomic mass is 10.1. The van der Waals surface area contributed by atoms with Crippen LogP contribution in [0.25, 0.3) is 0 Å². The number of hydrogen-bond donors (Lipinski definition) is 2. The molecule has 0 aromatic heterocycles. The van der Waals surface area contributed by atoms with Gasteiger partial charge in [-0.3, -0.25) is 0 Å². The summed E-state index contributed by atoms with van der Waals surface area (Å²) in [4.78, 5) is 0. The highest BCUT2D eigenvalue weighted by Gasteiger charge is 2.28. The van der Waals surface area contributed by atoms with Gasteiger partial charge >= 0.3 is 6.18 Å². The van der Waals surface area contributed by atoms with E-state index in [2.05, 4.69) is 4.72 Å². The van der Waals surface area contributed by atoms with E-state index in [-0.39, 0.29) is 0 Å². The van der Waals surface area contributed by atoms with Crippen molar-refractivity contribution in [1.82, 2.24) is 4.72 Å². The Hall–Kier alpha value is -1.12. The summed E-state index contributed by atoms with van der Waals surface area (Å²) in [5.41, 5.74) is 0.550. The summed E-state index contributed by atoms with van der Waals surface area (Å²) < 4.78 is 61.4. The molecule has 8 heteroatoms. The molecule has 0 saturated heterocycles. The molecule has 1 rings (SSSR count). The van der Waals surface area contributed by atoms with Gasteiger partial charge in [-0.25, -0.2) is 13.1 Å². The van der Waals surface area contributed by atoms with Gasteiger partial charge in [0.1, 0.15) is 0 Å². The molecule has 0 aliphatic rings. The van der Waals surface area contributed by atoms with Crippen LogP contribution < -0.4 is 4.72 Å². The van der Waals surface area contributed by atoms with Crippen molar-refractivity contribution in [3.63, 3.8) is 0 Å². The molecule has 0 aliphatic carbocycles. The van der Waals surface area contributed by atoms with Crippen molar-refractivity contribution in [2.75, 3.05) is 12.4 Å². The number of hydrogen-bond acceptors (Lipinski definition) is 3. The van der Waals surface area contributed by atoms with Crippen molar-refractivity contribution in [2.45, 2.75) is 25.1 Å². The van der Waals surface area contributed by atoms with Crippen molar-refractivity contribution < 1.29 is 26.7 Å². The summed E-state index contributed by atoms with van der Waals surface area (Å²) in [7, 11) is -3.87. The van der Waals surface area contributed by atoms with E-state index in [0.717, 1.165) is 0 Å². The Kier molecular flexibility index (Phi) is 5.97. The summed E-state index contributed by atoms with van der Waals surface area (Å²) in [5, 5.41) is 9.19. The average molecular weight is 311 g/mol. The Bertz CT molecular complexity index is 502. The first-order chi connectivity index (χ1) is 9.23. The molecule has 4 nitrogen and oxygen atoms in total. The summed E-state index contributed by atoms with van der Waals surface area (Å²) in [5.74, 6) is -0.629. The third kappa shape index (κ3) is 6.36. The van der Waals surface area contributed by atoms with Gasteiger partial charge in [0.05, 0.1) is 18.4 Å². The predicted octanol–water partition coefficient (Wildman–Crippen LogP) is 1.98. The molecule has 2 N–H and O–H groups in total. The lowest BCUT2D eigenvalue weighted by Crippen LogP contribution is -2.33. The van der Waals surface area contributed by atoms with Crippen LogP contribution in [0, 0.1) is 0 Å². The molecule has 0 aliphatic heterocycles. The maximum absolute atomic E-state index is 12.0. The molecule has 114 valence electrons. The number of rotatable bonds is 7. The third-order valence-electron chi connectivity index (χ3n) is 2.58. The average Bonchev–Trinajstić information content (AvgIpc) is 2.35. The molecule has 0 heterocycles. The summed E-state index contributed by atoms with van der Waals surface area (Å²) >= 11 is 0. The van der Waals surface area contributed by atoms with E-state index in [1.54, 1.807) is 30.3 Å². The number of aliphatic hydroxyl groups excluding tert-OH is 1. The Morgan fingerprint density at radius 1 is 1.20 bits per heavy atom. The Morgan fingerprint density at radius 3 is 2.30 bits per heavy atom. The zero-order valence-corrected chi connectivity index (χ0v) is 11.4. The fourth-order valence-corrected chi connectivity index (χ4v) is 2.92.